The molecule has 1 aromatic carbocycles. The number of nitrogens with two attached hydrogens (primary N) is 1. The van der Waals surface area contributed by atoms with Crippen LogP contribution in [0.2, 0.25) is 0 Å². The fourth-order valence-electron chi connectivity index (χ4n) is 2.74. The first-order chi connectivity index (χ1) is 12.4. The number of likely N-dealkylation sites (tertiary alicyclic amines) is 1. The lowest BCUT2D eigenvalue weighted by atomic mass is 10.2. The maximum absolute atomic E-state index is 12.1. The summed E-state index contributed by atoms with van der Waals surface area (Å²) in [6, 6.07) is 5.20. The predicted octanol–water partition coefficient (Wildman–Crippen LogP) is 0.591. The Morgan fingerprint density at radius 3 is 2.62 bits per heavy atom. The number of nitrogens with zero attached hydrogens (tertiary/aromatic N) is 2. The Balaban J connectivity index is 1.77. The largest absolute Gasteiger partial charge is 0.368 e. The molecule has 1 atom stereocenters. The molecule has 0 spiro atoms. The van der Waals surface area contributed by atoms with Crippen LogP contribution in [0.1, 0.15) is 24.8 Å². The van der Waals surface area contributed by atoms with Crippen LogP contribution in [0.4, 0.5) is 5.69 Å². The molecular weight excluding hydrogens is 340 g/mol. The zero-order valence-electron chi connectivity index (χ0n) is 14.1. The van der Waals surface area contributed by atoms with Gasteiger partial charge in [-0.2, -0.15) is 0 Å². The van der Waals surface area contributed by atoms with Gasteiger partial charge in [-0.15, -0.1) is 0 Å². The van der Waals surface area contributed by atoms with E-state index in [2.05, 4.69) is 5.32 Å². The number of carbonyl (C=O) groups is 3. The van der Waals surface area contributed by atoms with Crippen molar-refractivity contribution in [2.45, 2.75) is 25.3 Å². The molecule has 1 aromatic rings. The molecule has 1 aliphatic heterocycles. The van der Waals surface area contributed by atoms with Crippen molar-refractivity contribution in [3.63, 3.8) is 0 Å². The number of hydrogen-bond donors (Lipinski definition) is 2. The van der Waals surface area contributed by atoms with Gasteiger partial charge in [-0.1, -0.05) is 0 Å². The van der Waals surface area contributed by atoms with Crippen molar-refractivity contribution in [3.8, 4) is 0 Å². The average molecular weight is 360 g/mol. The molecule has 3 amide bonds. The molecule has 26 heavy (non-hydrogen) atoms. The quantitative estimate of drug-likeness (QED) is 0.417. The first-order valence-electron chi connectivity index (χ1n) is 8.17. The number of nitrogens with one attached hydrogen (secondary N) is 1. The van der Waals surface area contributed by atoms with Crippen molar-refractivity contribution in [2.24, 2.45) is 5.73 Å². The van der Waals surface area contributed by atoms with Gasteiger partial charge < -0.3 is 16.0 Å². The van der Waals surface area contributed by atoms with Crippen LogP contribution in [0, 0.1) is 10.1 Å². The van der Waals surface area contributed by atoms with Crippen LogP contribution in [0.15, 0.2) is 30.3 Å². The van der Waals surface area contributed by atoms with Gasteiger partial charge >= 0.3 is 0 Å². The Morgan fingerprint density at radius 2 is 2.00 bits per heavy atom. The summed E-state index contributed by atoms with van der Waals surface area (Å²) in [4.78, 5) is 46.7. The van der Waals surface area contributed by atoms with Crippen LogP contribution in [0.5, 0.6) is 0 Å². The van der Waals surface area contributed by atoms with E-state index in [0.717, 1.165) is 6.42 Å². The van der Waals surface area contributed by atoms with Gasteiger partial charge in [0.2, 0.25) is 17.7 Å². The number of nitro groups is 1. The van der Waals surface area contributed by atoms with Gasteiger partial charge in [0.25, 0.3) is 5.69 Å². The molecule has 9 nitrogen and oxygen atoms in total. The number of rotatable bonds is 7. The molecule has 3 N–H and O–H groups in total. The van der Waals surface area contributed by atoms with Crippen molar-refractivity contribution in [2.75, 3.05) is 13.1 Å². The summed E-state index contributed by atoms with van der Waals surface area (Å²) in [5.74, 6) is -1.11. The van der Waals surface area contributed by atoms with E-state index in [4.69, 9.17) is 5.73 Å². The molecule has 1 fully saturated rings. The topological polar surface area (TPSA) is 136 Å². The second-order valence-corrected chi connectivity index (χ2v) is 5.87. The van der Waals surface area contributed by atoms with Gasteiger partial charge in [-0.05, 0) is 36.6 Å². The van der Waals surface area contributed by atoms with E-state index < -0.39 is 16.9 Å². The maximum Gasteiger partial charge on any atom is 0.269 e. The highest BCUT2D eigenvalue weighted by Gasteiger charge is 2.32. The normalized spacial score (nSPS) is 16.6. The third-order valence-electron chi connectivity index (χ3n) is 4.07. The Bertz CT molecular complexity index is 729. The minimum Gasteiger partial charge on any atom is -0.368 e. The summed E-state index contributed by atoms with van der Waals surface area (Å²) in [7, 11) is 0. The average Bonchev–Trinajstić information content (AvgIpc) is 3.10. The Morgan fingerprint density at radius 1 is 1.31 bits per heavy atom. The second-order valence-electron chi connectivity index (χ2n) is 5.87. The molecule has 2 rings (SSSR count). The van der Waals surface area contributed by atoms with Gasteiger partial charge in [-0.3, -0.25) is 24.5 Å². The van der Waals surface area contributed by atoms with E-state index >= 15 is 0 Å². The second kappa shape index (κ2) is 8.75. The van der Waals surface area contributed by atoms with Crippen LogP contribution in [-0.2, 0) is 14.4 Å². The molecule has 0 aromatic heterocycles. The Kier molecular flexibility index (Phi) is 6.42. The highest BCUT2D eigenvalue weighted by Crippen LogP contribution is 2.17. The summed E-state index contributed by atoms with van der Waals surface area (Å²) < 4.78 is 0. The lowest BCUT2D eigenvalue weighted by molar-refractivity contribution is -0.384. The van der Waals surface area contributed by atoms with E-state index in [0.29, 0.717) is 18.5 Å². The zero-order valence-corrected chi connectivity index (χ0v) is 14.1. The fraction of sp³-hybridized carbons (Fsp3) is 0.353. The summed E-state index contributed by atoms with van der Waals surface area (Å²) in [6.45, 7) is 0.644. The number of non-ortho nitro benzene ring substituents is 1. The molecule has 0 bridgehead atoms. The van der Waals surface area contributed by atoms with Crippen LogP contribution >= 0.6 is 0 Å². The third-order valence-corrected chi connectivity index (χ3v) is 4.07. The highest BCUT2D eigenvalue weighted by atomic mass is 16.6. The van der Waals surface area contributed by atoms with Crippen molar-refractivity contribution >= 4 is 29.5 Å². The maximum atomic E-state index is 12.1. The molecule has 1 aliphatic rings. The SMILES string of the molecule is NC(=O)C1CCCN1C(=O)CCNC(=O)/C=C/c1ccc([N+](=O)[O-])cc1. The minimum absolute atomic E-state index is 0.0266. The van der Waals surface area contributed by atoms with E-state index in [1.54, 1.807) is 0 Å². The Labute approximate surface area is 150 Å². The van der Waals surface area contributed by atoms with Gasteiger partial charge in [0.15, 0.2) is 0 Å². The van der Waals surface area contributed by atoms with Crippen molar-refractivity contribution < 1.29 is 19.3 Å². The van der Waals surface area contributed by atoms with Crippen LogP contribution in [-0.4, -0.2) is 46.7 Å². The number of hydrogen-bond acceptors (Lipinski definition) is 5. The molecule has 0 saturated carbocycles. The highest BCUT2D eigenvalue weighted by molar-refractivity contribution is 5.92. The summed E-state index contributed by atoms with van der Waals surface area (Å²) >= 11 is 0. The van der Waals surface area contributed by atoms with Crippen molar-refractivity contribution in [1.82, 2.24) is 10.2 Å². The van der Waals surface area contributed by atoms with Crippen LogP contribution < -0.4 is 11.1 Å². The Hall–Kier alpha value is -3.23. The number of carbonyl (C=O) groups excluding carboxylic acids is 3. The number of nitro benzene ring substituents is 1. The molecule has 0 aliphatic carbocycles. The molecule has 1 saturated heterocycles. The molecule has 0 radical (unpaired) electrons. The first-order valence-corrected chi connectivity index (χ1v) is 8.17. The van der Waals surface area contributed by atoms with E-state index in [1.165, 1.54) is 41.3 Å². The van der Waals surface area contributed by atoms with Crippen molar-refractivity contribution in [1.29, 1.82) is 0 Å². The number of benzene rings is 1. The smallest absolute Gasteiger partial charge is 0.269 e. The van der Waals surface area contributed by atoms with E-state index in [1.807, 2.05) is 0 Å². The first kappa shape index (κ1) is 19.1. The standard InChI is InChI=1S/C17H20N4O5/c18-17(24)14-2-1-11-20(14)16(23)9-10-19-15(22)8-5-12-3-6-13(7-4-12)21(25)26/h3-8,14H,1-2,9-11H2,(H2,18,24)(H,19,22)/b8-5+. The molecule has 9 heteroatoms. The van der Waals surface area contributed by atoms with Gasteiger partial charge in [0.05, 0.1) is 4.92 Å². The predicted molar refractivity (Wildman–Crippen MR) is 93.7 cm³/mol. The summed E-state index contributed by atoms with van der Waals surface area (Å²) in [6.07, 6.45) is 4.20. The van der Waals surface area contributed by atoms with Gasteiger partial charge in [0, 0.05) is 37.7 Å². The van der Waals surface area contributed by atoms with E-state index in [-0.39, 0.29) is 30.5 Å². The molecular formula is C17H20N4O5. The molecule has 138 valence electrons. The third kappa shape index (κ3) is 5.13. The zero-order chi connectivity index (χ0) is 19.1. The lowest BCUT2D eigenvalue weighted by Gasteiger charge is -2.22. The van der Waals surface area contributed by atoms with Crippen molar-refractivity contribution in [3.05, 3.63) is 46.0 Å². The monoisotopic (exact) mass is 360 g/mol. The minimum atomic E-state index is -0.555. The number of primary amides is 1. The summed E-state index contributed by atoms with van der Waals surface area (Å²) in [5, 5.41) is 13.2. The van der Waals surface area contributed by atoms with E-state index in [9.17, 15) is 24.5 Å². The molecule has 1 unspecified atom stereocenters. The lowest BCUT2D eigenvalue weighted by Crippen LogP contribution is -2.44. The van der Waals surface area contributed by atoms with Crippen LogP contribution in [0.25, 0.3) is 6.08 Å². The summed E-state index contributed by atoms with van der Waals surface area (Å²) in [5.41, 5.74) is 5.89. The van der Waals surface area contributed by atoms with Crippen LogP contribution in [0.3, 0.4) is 0 Å². The fourth-order valence-corrected chi connectivity index (χ4v) is 2.74. The number of amides is 3. The molecule has 1 heterocycles. The van der Waals surface area contributed by atoms with Gasteiger partial charge in [0.1, 0.15) is 6.04 Å². The van der Waals surface area contributed by atoms with Gasteiger partial charge in [-0.25, -0.2) is 0 Å².